The maximum atomic E-state index is 6.15. The van der Waals surface area contributed by atoms with Crippen LogP contribution in [0.2, 0.25) is 0 Å². The lowest BCUT2D eigenvalue weighted by Crippen LogP contribution is -2.25. The molecular formula is C19H31N3O. The molecule has 1 aromatic carbocycles. The minimum atomic E-state index is 0.333. The van der Waals surface area contributed by atoms with Crippen molar-refractivity contribution in [1.82, 2.24) is 0 Å². The van der Waals surface area contributed by atoms with Gasteiger partial charge in [0.15, 0.2) is 5.96 Å². The predicted octanol–water partition coefficient (Wildman–Crippen LogP) is 3.74. The summed E-state index contributed by atoms with van der Waals surface area (Å²) < 4.78 is 5.48. The Hall–Kier alpha value is -1.55. The molecule has 1 aliphatic rings. The number of para-hydroxylation sites is 1. The minimum absolute atomic E-state index is 0.333. The largest absolute Gasteiger partial charge is 0.382 e. The van der Waals surface area contributed by atoms with Crippen LogP contribution in [0.3, 0.4) is 0 Å². The molecule has 128 valence electrons. The molecule has 0 unspecified atom stereocenters. The van der Waals surface area contributed by atoms with Gasteiger partial charge in [0.1, 0.15) is 0 Å². The highest BCUT2D eigenvalue weighted by molar-refractivity contribution is 5.93. The quantitative estimate of drug-likeness (QED) is 0.414. The summed E-state index contributed by atoms with van der Waals surface area (Å²) in [6, 6.07) is 6.42. The van der Waals surface area contributed by atoms with E-state index >= 15 is 0 Å². The highest BCUT2D eigenvalue weighted by Crippen LogP contribution is 2.49. The van der Waals surface area contributed by atoms with E-state index in [9.17, 15) is 0 Å². The van der Waals surface area contributed by atoms with Gasteiger partial charge in [0.2, 0.25) is 0 Å². The summed E-state index contributed by atoms with van der Waals surface area (Å²) in [5, 5.41) is 3.35. The lowest BCUT2D eigenvalue weighted by atomic mass is 10.0. The van der Waals surface area contributed by atoms with E-state index in [0.717, 1.165) is 44.7 Å². The van der Waals surface area contributed by atoms with Gasteiger partial charge in [-0.1, -0.05) is 32.0 Å². The zero-order valence-electron chi connectivity index (χ0n) is 14.8. The van der Waals surface area contributed by atoms with Crippen molar-refractivity contribution in [2.75, 3.05) is 25.1 Å². The average molecular weight is 317 g/mol. The van der Waals surface area contributed by atoms with Crippen LogP contribution < -0.4 is 11.1 Å². The van der Waals surface area contributed by atoms with Crippen LogP contribution in [-0.2, 0) is 17.6 Å². The molecule has 1 aromatic rings. The minimum Gasteiger partial charge on any atom is -0.382 e. The molecule has 4 heteroatoms. The van der Waals surface area contributed by atoms with Crippen LogP contribution >= 0.6 is 0 Å². The number of hydrogen-bond donors (Lipinski definition) is 2. The van der Waals surface area contributed by atoms with Crippen molar-refractivity contribution in [2.45, 2.75) is 52.9 Å². The average Bonchev–Trinajstić information content (AvgIpc) is 3.34. The van der Waals surface area contributed by atoms with E-state index in [1.165, 1.54) is 24.0 Å². The number of ether oxygens (including phenoxy) is 1. The summed E-state index contributed by atoms with van der Waals surface area (Å²) in [4.78, 5) is 4.61. The Balaban J connectivity index is 1.98. The van der Waals surface area contributed by atoms with Gasteiger partial charge in [0, 0.05) is 25.4 Å². The van der Waals surface area contributed by atoms with Crippen LogP contribution in [0.15, 0.2) is 23.2 Å². The Labute approximate surface area is 140 Å². The Morgan fingerprint density at radius 3 is 2.39 bits per heavy atom. The molecule has 0 aliphatic heterocycles. The molecule has 0 bridgehead atoms. The Kier molecular flexibility index (Phi) is 6.46. The summed E-state index contributed by atoms with van der Waals surface area (Å²) in [6.45, 7) is 8.79. The van der Waals surface area contributed by atoms with Crippen LogP contribution in [0.4, 0.5) is 5.69 Å². The number of nitrogens with zero attached hydrogens (tertiary/aromatic N) is 1. The van der Waals surface area contributed by atoms with Gasteiger partial charge in [-0.2, -0.15) is 0 Å². The summed E-state index contributed by atoms with van der Waals surface area (Å²) >= 11 is 0. The standard InChI is InChI=1S/C19H31N3O/c1-4-15-8-7-9-16(5-2)17(15)22-18(20)21-14-19(10-11-19)12-13-23-6-3/h7-9H,4-6,10-14H2,1-3H3,(H3,20,21,22). The third kappa shape index (κ3) is 4.96. The molecule has 0 heterocycles. The summed E-state index contributed by atoms with van der Waals surface area (Å²) in [6.07, 6.45) is 5.54. The molecule has 1 saturated carbocycles. The van der Waals surface area contributed by atoms with Crippen molar-refractivity contribution >= 4 is 11.6 Å². The molecule has 2 rings (SSSR count). The van der Waals surface area contributed by atoms with Crippen LogP contribution in [-0.4, -0.2) is 25.7 Å². The smallest absolute Gasteiger partial charge is 0.193 e. The zero-order chi connectivity index (χ0) is 16.7. The van der Waals surface area contributed by atoms with Gasteiger partial charge in [0.25, 0.3) is 0 Å². The first-order valence-electron chi connectivity index (χ1n) is 8.89. The highest BCUT2D eigenvalue weighted by Gasteiger charge is 2.41. The third-order valence-electron chi connectivity index (χ3n) is 4.77. The lowest BCUT2D eigenvalue weighted by molar-refractivity contribution is 0.129. The molecule has 0 spiro atoms. The van der Waals surface area contributed by atoms with E-state index in [0.29, 0.717) is 11.4 Å². The van der Waals surface area contributed by atoms with Gasteiger partial charge >= 0.3 is 0 Å². The van der Waals surface area contributed by atoms with E-state index < -0.39 is 0 Å². The molecule has 0 radical (unpaired) electrons. The maximum Gasteiger partial charge on any atom is 0.193 e. The number of benzene rings is 1. The van der Waals surface area contributed by atoms with Gasteiger partial charge in [0.05, 0.1) is 0 Å². The van der Waals surface area contributed by atoms with Crippen LogP contribution in [0.5, 0.6) is 0 Å². The summed E-state index contributed by atoms with van der Waals surface area (Å²) in [7, 11) is 0. The van der Waals surface area contributed by atoms with Crippen molar-refractivity contribution in [3.05, 3.63) is 29.3 Å². The molecule has 0 atom stereocenters. The Morgan fingerprint density at radius 2 is 1.87 bits per heavy atom. The van der Waals surface area contributed by atoms with Crippen molar-refractivity contribution < 1.29 is 4.74 Å². The fourth-order valence-electron chi connectivity index (χ4n) is 2.92. The highest BCUT2D eigenvalue weighted by atomic mass is 16.5. The van der Waals surface area contributed by atoms with Crippen LogP contribution in [0.25, 0.3) is 0 Å². The molecule has 1 fully saturated rings. The molecular weight excluding hydrogens is 286 g/mol. The van der Waals surface area contributed by atoms with Gasteiger partial charge in [-0.15, -0.1) is 0 Å². The monoisotopic (exact) mass is 317 g/mol. The van der Waals surface area contributed by atoms with Crippen molar-refractivity contribution in [3.63, 3.8) is 0 Å². The van der Waals surface area contributed by atoms with E-state index in [-0.39, 0.29) is 0 Å². The maximum absolute atomic E-state index is 6.15. The lowest BCUT2D eigenvalue weighted by Gasteiger charge is -2.16. The second-order valence-electron chi connectivity index (χ2n) is 6.43. The van der Waals surface area contributed by atoms with Gasteiger partial charge < -0.3 is 15.8 Å². The molecule has 0 aromatic heterocycles. The normalized spacial score (nSPS) is 16.4. The fourth-order valence-corrected chi connectivity index (χ4v) is 2.92. The summed E-state index contributed by atoms with van der Waals surface area (Å²) in [5.74, 6) is 0.531. The first-order valence-corrected chi connectivity index (χ1v) is 8.89. The number of guanidine groups is 1. The topological polar surface area (TPSA) is 59.6 Å². The van der Waals surface area contributed by atoms with Crippen molar-refractivity contribution in [1.29, 1.82) is 0 Å². The number of anilines is 1. The van der Waals surface area contributed by atoms with E-state index in [4.69, 9.17) is 10.5 Å². The van der Waals surface area contributed by atoms with Crippen LogP contribution in [0, 0.1) is 5.41 Å². The van der Waals surface area contributed by atoms with Crippen molar-refractivity contribution in [2.24, 2.45) is 16.1 Å². The number of aliphatic imine (C=N–C) groups is 1. The van der Waals surface area contributed by atoms with E-state index in [1.54, 1.807) is 0 Å². The number of nitrogens with one attached hydrogen (secondary N) is 1. The molecule has 23 heavy (non-hydrogen) atoms. The number of nitrogens with two attached hydrogens (primary N) is 1. The molecule has 3 N–H and O–H groups in total. The van der Waals surface area contributed by atoms with Gasteiger partial charge in [-0.25, -0.2) is 0 Å². The second-order valence-corrected chi connectivity index (χ2v) is 6.43. The predicted molar refractivity (Wildman–Crippen MR) is 98.1 cm³/mol. The zero-order valence-corrected chi connectivity index (χ0v) is 14.8. The first-order chi connectivity index (χ1) is 11.1. The SMILES string of the molecule is CCOCCC1(CN=C(N)Nc2c(CC)cccc2CC)CC1. The third-order valence-corrected chi connectivity index (χ3v) is 4.77. The molecule has 0 saturated heterocycles. The molecule has 0 amide bonds. The Bertz CT molecular complexity index is 513. The number of aryl methyl sites for hydroxylation is 2. The Morgan fingerprint density at radius 1 is 1.22 bits per heavy atom. The molecule has 1 aliphatic carbocycles. The number of rotatable bonds is 9. The van der Waals surface area contributed by atoms with E-state index in [2.05, 4.69) is 42.4 Å². The van der Waals surface area contributed by atoms with E-state index in [1.807, 2.05) is 6.92 Å². The number of hydrogen-bond acceptors (Lipinski definition) is 2. The van der Waals surface area contributed by atoms with Crippen molar-refractivity contribution in [3.8, 4) is 0 Å². The second kappa shape index (κ2) is 8.34. The molecule has 4 nitrogen and oxygen atoms in total. The summed E-state index contributed by atoms with van der Waals surface area (Å²) in [5.41, 5.74) is 10.2. The van der Waals surface area contributed by atoms with Gasteiger partial charge in [-0.05, 0) is 55.6 Å². The van der Waals surface area contributed by atoms with Crippen LogP contribution in [0.1, 0.15) is 51.2 Å². The van der Waals surface area contributed by atoms with Gasteiger partial charge in [-0.3, -0.25) is 4.99 Å². The first kappa shape index (κ1) is 17.8. The fraction of sp³-hybridized carbons (Fsp3) is 0.632.